The Morgan fingerprint density at radius 2 is 1.83 bits per heavy atom. The smallest absolute Gasteiger partial charge is 0.342 e. The molecule has 0 spiro atoms. The number of benzene rings is 1. The van der Waals surface area contributed by atoms with Crippen molar-refractivity contribution in [2.24, 2.45) is 0 Å². The number of hydrogen-bond donors (Lipinski definition) is 1. The van der Waals surface area contributed by atoms with E-state index in [1.54, 1.807) is 27.9 Å². The maximum Gasteiger partial charge on any atom is 0.416 e. The fourth-order valence-corrected chi connectivity index (χ4v) is 3.80. The minimum Gasteiger partial charge on any atom is -0.342 e. The molecule has 2 aromatic heterocycles. The lowest BCUT2D eigenvalue weighted by Crippen LogP contribution is -2.41. The molecule has 1 amide bonds. The standard InChI is InChI=1S/C20H19F3N4O2/c21-20(22,23)14-3-1-13(2-4-14)11-18(28)26-9-6-15(7-10-26)27-17-12-24-8-5-16(17)25-19(27)29/h1-5,8,12,15H,6-7,9-11H2,(H,25,29). The van der Waals surface area contributed by atoms with Gasteiger partial charge in [-0.1, -0.05) is 12.1 Å². The summed E-state index contributed by atoms with van der Waals surface area (Å²) in [6.45, 7) is 0.979. The molecule has 0 bridgehead atoms. The second kappa shape index (κ2) is 7.38. The van der Waals surface area contributed by atoms with Crippen molar-refractivity contribution in [1.29, 1.82) is 0 Å². The first-order valence-electron chi connectivity index (χ1n) is 9.31. The fraction of sp³-hybridized carbons (Fsp3) is 0.350. The maximum atomic E-state index is 12.6. The predicted molar refractivity (Wildman–Crippen MR) is 100 cm³/mol. The van der Waals surface area contributed by atoms with Crippen LogP contribution in [0.4, 0.5) is 13.2 Å². The van der Waals surface area contributed by atoms with Gasteiger partial charge in [-0.25, -0.2) is 4.79 Å². The van der Waals surface area contributed by atoms with Gasteiger partial charge >= 0.3 is 11.9 Å². The number of nitrogens with zero attached hydrogens (tertiary/aromatic N) is 3. The number of aromatic nitrogens is 3. The normalized spacial score (nSPS) is 15.8. The van der Waals surface area contributed by atoms with E-state index in [4.69, 9.17) is 0 Å². The van der Waals surface area contributed by atoms with Gasteiger partial charge < -0.3 is 9.88 Å². The van der Waals surface area contributed by atoms with Crippen LogP contribution in [0.3, 0.4) is 0 Å². The molecule has 1 fully saturated rings. The van der Waals surface area contributed by atoms with E-state index in [2.05, 4.69) is 9.97 Å². The van der Waals surface area contributed by atoms with Gasteiger partial charge in [-0.3, -0.25) is 14.3 Å². The third kappa shape index (κ3) is 3.90. The summed E-state index contributed by atoms with van der Waals surface area (Å²) in [7, 11) is 0. The summed E-state index contributed by atoms with van der Waals surface area (Å²) < 4.78 is 39.6. The third-order valence-electron chi connectivity index (χ3n) is 5.34. The molecule has 6 nitrogen and oxygen atoms in total. The summed E-state index contributed by atoms with van der Waals surface area (Å²) in [6.07, 6.45) is 0.182. The summed E-state index contributed by atoms with van der Waals surface area (Å²) in [5.74, 6) is -0.129. The van der Waals surface area contributed by atoms with E-state index in [1.165, 1.54) is 12.1 Å². The quantitative estimate of drug-likeness (QED) is 0.729. The van der Waals surface area contributed by atoms with E-state index in [-0.39, 0.29) is 24.1 Å². The Morgan fingerprint density at radius 1 is 1.14 bits per heavy atom. The number of amides is 1. The topological polar surface area (TPSA) is 71.0 Å². The van der Waals surface area contributed by atoms with Gasteiger partial charge in [0, 0.05) is 25.3 Å². The highest BCUT2D eigenvalue weighted by molar-refractivity contribution is 5.79. The van der Waals surface area contributed by atoms with E-state index in [0.29, 0.717) is 31.5 Å². The van der Waals surface area contributed by atoms with Crippen LogP contribution in [-0.4, -0.2) is 38.4 Å². The van der Waals surface area contributed by atoms with Crippen LogP contribution in [0.2, 0.25) is 0 Å². The third-order valence-corrected chi connectivity index (χ3v) is 5.34. The number of hydrogen-bond acceptors (Lipinski definition) is 3. The van der Waals surface area contributed by atoms with Crippen LogP contribution in [0, 0.1) is 0 Å². The molecular formula is C20H19F3N4O2. The molecule has 3 aromatic rings. The van der Waals surface area contributed by atoms with Crippen molar-refractivity contribution in [2.45, 2.75) is 31.5 Å². The number of nitrogens with one attached hydrogen (secondary N) is 1. The van der Waals surface area contributed by atoms with Gasteiger partial charge in [0.1, 0.15) is 0 Å². The Kier molecular flexibility index (Phi) is 4.89. The molecule has 1 N–H and O–H groups in total. The Morgan fingerprint density at radius 3 is 2.48 bits per heavy atom. The number of pyridine rings is 1. The SMILES string of the molecule is O=C(Cc1ccc(C(F)(F)F)cc1)N1CCC(n2c(=O)[nH]c3ccncc32)CC1. The highest BCUT2D eigenvalue weighted by Crippen LogP contribution is 2.29. The number of aromatic amines is 1. The summed E-state index contributed by atoms with van der Waals surface area (Å²) in [6, 6.07) is 6.38. The summed E-state index contributed by atoms with van der Waals surface area (Å²) in [5, 5.41) is 0. The first-order valence-corrected chi connectivity index (χ1v) is 9.31. The first kappa shape index (κ1) is 19.2. The number of halogens is 3. The zero-order valence-electron chi connectivity index (χ0n) is 15.4. The maximum absolute atomic E-state index is 12.6. The van der Waals surface area contributed by atoms with Gasteiger partial charge in [-0.05, 0) is 36.6 Å². The van der Waals surface area contributed by atoms with Gasteiger partial charge in [-0.2, -0.15) is 13.2 Å². The minimum absolute atomic E-state index is 0.0319. The van der Waals surface area contributed by atoms with E-state index < -0.39 is 11.7 Å². The number of alkyl halides is 3. The summed E-state index contributed by atoms with van der Waals surface area (Å²) >= 11 is 0. The zero-order valence-corrected chi connectivity index (χ0v) is 15.4. The number of fused-ring (bicyclic) bond motifs is 1. The zero-order chi connectivity index (χ0) is 20.6. The lowest BCUT2D eigenvalue weighted by atomic mass is 10.0. The number of likely N-dealkylation sites (tertiary alicyclic amines) is 1. The number of piperidine rings is 1. The number of carbonyl (C=O) groups is 1. The van der Waals surface area contributed by atoms with Crippen molar-refractivity contribution in [1.82, 2.24) is 19.4 Å². The molecule has 0 radical (unpaired) electrons. The van der Waals surface area contributed by atoms with Crippen LogP contribution in [0.5, 0.6) is 0 Å². The monoisotopic (exact) mass is 404 g/mol. The van der Waals surface area contributed by atoms with Crippen molar-refractivity contribution in [3.63, 3.8) is 0 Å². The molecule has 4 rings (SSSR count). The van der Waals surface area contributed by atoms with Crippen molar-refractivity contribution in [3.8, 4) is 0 Å². The van der Waals surface area contributed by atoms with Crippen LogP contribution >= 0.6 is 0 Å². The van der Waals surface area contributed by atoms with Crippen LogP contribution in [0.15, 0.2) is 47.5 Å². The molecule has 0 atom stereocenters. The number of H-pyrrole nitrogens is 1. The van der Waals surface area contributed by atoms with E-state index >= 15 is 0 Å². The predicted octanol–water partition coefficient (Wildman–Crippen LogP) is 3.15. The summed E-state index contributed by atoms with van der Waals surface area (Å²) in [4.78, 5) is 33.4. The molecule has 1 aliphatic heterocycles. The van der Waals surface area contributed by atoms with Crippen molar-refractivity contribution in [2.75, 3.05) is 13.1 Å². The van der Waals surface area contributed by atoms with E-state index in [0.717, 1.165) is 23.2 Å². The Balaban J connectivity index is 1.40. The molecule has 0 saturated carbocycles. The highest BCUT2D eigenvalue weighted by Gasteiger charge is 2.30. The largest absolute Gasteiger partial charge is 0.416 e. The number of rotatable bonds is 3. The molecule has 152 valence electrons. The van der Waals surface area contributed by atoms with Gasteiger partial charge in [0.2, 0.25) is 5.91 Å². The van der Waals surface area contributed by atoms with Crippen LogP contribution in [0.25, 0.3) is 11.0 Å². The lowest BCUT2D eigenvalue weighted by Gasteiger charge is -2.32. The Bertz CT molecular complexity index is 1080. The van der Waals surface area contributed by atoms with Crippen molar-refractivity contribution in [3.05, 3.63) is 64.3 Å². The fourth-order valence-electron chi connectivity index (χ4n) is 3.80. The van der Waals surface area contributed by atoms with E-state index in [9.17, 15) is 22.8 Å². The molecule has 0 aliphatic carbocycles. The van der Waals surface area contributed by atoms with E-state index in [1.807, 2.05) is 0 Å². The molecule has 29 heavy (non-hydrogen) atoms. The minimum atomic E-state index is -4.39. The average molecular weight is 404 g/mol. The summed E-state index contributed by atoms with van der Waals surface area (Å²) in [5.41, 5.74) is 1.09. The van der Waals surface area contributed by atoms with Gasteiger partial charge in [0.15, 0.2) is 0 Å². The molecule has 1 aromatic carbocycles. The molecule has 0 unspecified atom stereocenters. The van der Waals surface area contributed by atoms with Crippen molar-refractivity contribution >= 4 is 16.9 Å². The lowest BCUT2D eigenvalue weighted by molar-refractivity contribution is -0.137. The van der Waals surface area contributed by atoms with Crippen LogP contribution in [-0.2, 0) is 17.4 Å². The van der Waals surface area contributed by atoms with Crippen molar-refractivity contribution < 1.29 is 18.0 Å². The van der Waals surface area contributed by atoms with Gasteiger partial charge in [0.25, 0.3) is 0 Å². The molecule has 3 heterocycles. The second-order valence-corrected chi connectivity index (χ2v) is 7.18. The first-order chi connectivity index (χ1) is 13.8. The molecule has 9 heteroatoms. The number of carbonyl (C=O) groups excluding carboxylic acids is 1. The molecule has 1 saturated heterocycles. The van der Waals surface area contributed by atoms with Gasteiger partial charge in [-0.15, -0.1) is 0 Å². The van der Waals surface area contributed by atoms with Gasteiger partial charge in [0.05, 0.1) is 29.2 Å². The second-order valence-electron chi connectivity index (χ2n) is 7.18. The Hall–Kier alpha value is -3.10. The van der Waals surface area contributed by atoms with Crippen LogP contribution in [0.1, 0.15) is 30.0 Å². The highest BCUT2D eigenvalue weighted by atomic mass is 19.4. The molecule has 1 aliphatic rings. The average Bonchev–Trinajstić information content (AvgIpc) is 3.03. The molecular weight excluding hydrogens is 385 g/mol. The number of imidazole rings is 1. The van der Waals surface area contributed by atoms with Crippen LogP contribution < -0.4 is 5.69 Å². The Labute approximate surface area is 164 Å².